The molecule has 0 atom stereocenters. The molecule has 0 saturated carbocycles. The first-order chi connectivity index (χ1) is 12.0. The lowest BCUT2D eigenvalue weighted by molar-refractivity contribution is -0.137. The molecule has 5 nitrogen and oxygen atoms in total. The minimum atomic E-state index is -0.995. The fraction of sp³-hybridized carbons (Fsp3) is 0.278. The average molecular weight is 352 g/mol. The average Bonchev–Trinajstić information content (AvgIpc) is 2.59. The first kappa shape index (κ1) is 18.5. The molecule has 25 heavy (non-hydrogen) atoms. The molecule has 0 aliphatic carbocycles. The van der Waals surface area contributed by atoms with Gasteiger partial charge in [-0.3, -0.25) is 4.79 Å². The van der Waals surface area contributed by atoms with Crippen LogP contribution in [0.4, 0.5) is 8.78 Å². The molecular weight excluding hydrogens is 334 g/mol. The number of methoxy groups -OCH3 is 2. The summed E-state index contributed by atoms with van der Waals surface area (Å²) in [6.07, 6.45) is 0.0159. The smallest absolute Gasteiger partial charge is 0.303 e. The summed E-state index contributed by atoms with van der Waals surface area (Å²) in [5, 5.41) is 8.55. The highest BCUT2D eigenvalue weighted by Crippen LogP contribution is 2.39. The van der Waals surface area contributed by atoms with E-state index in [1.165, 1.54) is 14.2 Å². The van der Waals surface area contributed by atoms with Gasteiger partial charge in [-0.25, -0.2) is 8.78 Å². The second-order valence-corrected chi connectivity index (χ2v) is 5.16. The summed E-state index contributed by atoms with van der Waals surface area (Å²) in [7, 11) is 2.91. The number of carboxylic acids is 1. The van der Waals surface area contributed by atoms with E-state index in [2.05, 4.69) is 0 Å². The molecule has 134 valence electrons. The number of benzene rings is 2. The SMILES string of the molecule is COc1cccc(-c2cc(F)c(OCCCC(=O)O)c(F)c2)c1OC. The Bertz CT molecular complexity index is 738. The van der Waals surface area contributed by atoms with Crippen LogP contribution in [-0.4, -0.2) is 31.9 Å². The lowest BCUT2D eigenvalue weighted by Gasteiger charge is -2.14. The van der Waals surface area contributed by atoms with E-state index in [0.717, 1.165) is 12.1 Å². The molecule has 0 aliphatic rings. The minimum absolute atomic E-state index is 0.0953. The Morgan fingerprint density at radius 3 is 2.32 bits per heavy atom. The summed E-state index contributed by atoms with van der Waals surface area (Å²) in [5.41, 5.74) is 0.737. The second kappa shape index (κ2) is 8.32. The summed E-state index contributed by atoms with van der Waals surface area (Å²) < 4.78 is 44.0. The van der Waals surface area contributed by atoms with Crippen molar-refractivity contribution in [3.05, 3.63) is 42.0 Å². The van der Waals surface area contributed by atoms with Gasteiger partial charge >= 0.3 is 5.97 Å². The zero-order valence-corrected chi connectivity index (χ0v) is 13.8. The van der Waals surface area contributed by atoms with Crippen molar-refractivity contribution < 1.29 is 32.9 Å². The molecule has 0 aliphatic heterocycles. The van der Waals surface area contributed by atoms with Crippen molar-refractivity contribution in [3.8, 4) is 28.4 Å². The van der Waals surface area contributed by atoms with Crippen LogP contribution in [0.3, 0.4) is 0 Å². The number of carbonyl (C=O) groups is 1. The maximum atomic E-state index is 14.2. The van der Waals surface area contributed by atoms with Gasteiger partial charge in [0, 0.05) is 12.0 Å². The Kier molecular flexibility index (Phi) is 6.16. The van der Waals surface area contributed by atoms with Crippen molar-refractivity contribution in [1.29, 1.82) is 0 Å². The molecule has 2 rings (SSSR count). The molecule has 0 bridgehead atoms. The molecule has 0 spiro atoms. The number of halogens is 2. The van der Waals surface area contributed by atoms with Gasteiger partial charge in [0.15, 0.2) is 28.9 Å². The lowest BCUT2D eigenvalue weighted by Crippen LogP contribution is -2.05. The van der Waals surface area contributed by atoms with Crippen LogP contribution in [0.15, 0.2) is 30.3 Å². The number of rotatable bonds is 8. The zero-order valence-electron chi connectivity index (χ0n) is 13.8. The highest BCUT2D eigenvalue weighted by molar-refractivity contribution is 5.74. The number of hydrogen-bond donors (Lipinski definition) is 1. The van der Waals surface area contributed by atoms with E-state index in [0.29, 0.717) is 17.1 Å². The maximum absolute atomic E-state index is 14.2. The first-order valence-corrected chi connectivity index (χ1v) is 7.53. The van der Waals surface area contributed by atoms with Crippen molar-refractivity contribution in [2.24, 2.45) is 0 Å². The normalized spacial score (nSPS) is 10.4. The number of carboxylic acid groups (broad SMARTS) is 1. The summed E-state index contributed by atoms with van der Waals surface area (Å²) in [6, 6.07) is 7.28. The molecule has 0 unspecified atom stereocenters. The van der Waals surface area contributed by atoms with Gasteiger partial charge in [-0.15, -0.1) is 0 Å². The van der Waals surface area contributed by atoms with Gasteiger partial charge in [0.1, 0.15) is 0 Å². The topological polar surface area (TPSA) is 65.0 Å². The third kappa shape index (κ3) is 4.37. The molecule has 0 heterocycles. The summed E-state index contributed by atoms with van der Waals surface area (Å²) in [6.45, 7) is -0.0953. The predicted octanol–water partition coefficient (Wildman–Crippen LogP) is 3.89. The van der Waals surface area contributed by atoms with Gasteiger partial charge in [-0.1, -0.05) is 12.1 Å². The maximum Gasteiger partial charge on any atom is 0.303 e. The highest BCUT2D eigenvalue weighted by Gasteiger charge is 2.17. The molecule has 7 heteroatoms. The molecule has 0 radical (unpaired) electrons. The highest BCUT2D eigenvalue weighted by atomic mass is 19.1. The number of para-hydroxylation sites is 1. The fourth-order valence-corrected chi connectivity index (χ4v) is 2.37. The van der Waals surface area contributed by atoms with E-state index in [1.807, 2.05) is 0 Å². The molecular formula is C18H18F2O5. The van der Waals surface area contributed by atoms with Gasteiger partial charge in [-0.2, -0.15) is 0 Å². The van der Waals surface area contributed by atoms with Gasteiger partial charge < -0.3 is 19.3 Å². The second-order valence-electron chi connectivity index (χ2n) is 5.16. The molecule has 2 aromatic carbocycles. The van der Waals surface area contributed by atoms with Crippen LogP contribution in [0.2, 0.25) is 0 Å². The number of ether oxygens (including phenoxy) is 3. The van der Waals surface area contributed by atoms with Gasteiger partial charge in [0.2, 0.25) is 0 Å². The third-order valence-electron chi connectivity index (χ3n) is 3.49. The van der Waals surface area contributed by atoms with Crippen molar-refractivity contribution >= 4 is 5.97 Å². The predicted molar refractivity (Wildman–Crippen MR) is 87.3 cm³/mol. The molecule has 0 amide bonds. The Morgan fingerprint density at radius 1 is 1.08 bits per heavy atom. The molecule has 1 N–H and O–H groups in total. The van der Waals surface area contributed by atoms with Crippen molar-refractivity contribution in [2.45, 2.75) is 12.8 Å². The summed E-state index contributed by atoms with van der Waals surface area (Å²) in [4.78, 5) is 10.4. The van der Waals surface area contributed by atoms with Crippen molar-refractivity contribution in [1.82, 2.24) is 0 Å². The van der Waals surface area contributed by atoms with Gasteiger partial charge in [0.05, 0.1) is 20.8 Å². The van der Waals surface area contributed by atoms with Crippen molar-refractivity contribution in [3.63, 3.8) is 0 Å². The largest absolute Gasteiger partial charge is 0.493 e. The number of hydrogen-bond acceptors (Lipinski definition) is 4. The Hall–Kier alpha value is -2.83. The van der Waals surface area contributed by atoms with E-state index in [1.54, 1.807) is 18.2 Å². The molecule has 2 aromatic rings. The summed E-state index contributed by atoms with van der Waals surface area (Å²) >= 11 is 0. The standard InChI is InChI=1S/C18H18F2O5/c1-23-15-6-3-5-12(17(15)24-2)11-9-13(19)18(14(20)10-11)25-8-4-7-16(21)22/h3,5-6,9-10H,4,7-8H2,1-2H3,(H,21,22). The first-order valence-electron chi connectivity index (χ1n) is 7.53. The van der Waals surface area contributed by atoms with E-state index < -0.39 is 23.4 Å². The Balaban J connectivity index is 2.29. The van der Waals surface area contributed by atoms with E-state index in [-0.39, 0.29) is 25.0 Å². The minimum Gasteiger partial charge on any atom is -0.493 e. The van der Waals surface area contributed by atoms with E-state index in [9.17, 15) is 13.6 Å². The molecule has 0 saturated heterocycles. The molecule has 0 aromatic heterocycles. The van der Waals surface area contributed by atoms with E-state index in [4.69, 9.17) is 19.3 Å². The monoisotopic (exact) mass is 352 g/mol. The number of aliphatic carboxylic acids is 1. The fourth-order valence-electron chi connectivity index (χ4n) is 2.37. The van der Waals surface area contributed by atoms with Crippen molar-refractivity contribution in [2.75, 3.05) is 20.8 Å². The van der Waals surface area contributed by atoms with Crippen LogP contribution >= 0.6 is 0 Å². The quantitative estimate of drug-likeness (QED) is 0.730. The van der Waals surface area contributed by atoms with Crippen LogP contribution in [0.1, 0.15) is 12.8 Å². The van der Waals surface area contributed by atoms with Gasteiger partial charge in [-0.05, 0) is 30.2 Å². The Morgan fingerprint density at radius 2 is 1.76 bits per heavy atom. The van der Waals surface area contributed by atoms with Crippen LogP contribution in [0.5, 0.6) is 17.2 Å². The van der Waals surface area contributed by atoms with Crippen LogP contribution < -0.4 is 14.2 Å². The Labute approximate surface area is 143 Å². The summed E-state index contributed by atoms with van der Waals surface area (Å²) in [5.74, 6) is -2.49. The zero-order chi connectivity index (χ0) is 18.4. The van der Waals surface area contributed by atoms with Crippen LogP contribution in [0, 0.1) is 11.6 Å². The lowest BCUT2D eigenvalue weighted by atomic mass is 10.0. The molecule has 0 fully saturated rings. The third-order valence-corrected chi connectivity index (χ3v) is 3.49. The van der Waals surface area contributed by atoms with E-state index >= 15 is 0 Å². The van der Waals surface area contributed by atoms with Crippen LogP contribution in [-0.2, 0) is 4.79 Å². The van der Waals surface area contributed by atoms with Crippen LogP contribution in [0.25, 0.3) is 11.1 Å². The van der Waals surface area contributed by atoms with Gasteiger partial charge in [0.25, 0.3) is 0 Å².